The Bertz CT molecular complexity index is 2030. The second-order valence-electron chi connectivity index (χ2n) is 12.3. The summed E-state index contributed by atoms with van der Waals surface area (Å²) in [7, 11) is 0. The van der Waals surface area contributed by atoms with E-state index in [0.717, 1.165) is 34.0 Å². The molecule has 0 unspecified atom stereocenters. The van der Waals surface area contributed by atoms with Gasteiger partial charge in [-0.1, -0.05) is 136 Å². The van der Waals surface area contributed by atoms with Gasteiger partial charge in [0.2, 0.25) is 0 Å². The molecule has 1 aromatic heterocycles. The third-order valence-electron chi connectivity index (χ3n) is 8.16. The van der Waals surface area contributed by atoms with Gasteiger partial charge in [0, 0.05) is 33.6 Å². The van der Waals surface area contributed by atoms with Crippen LogP contribution in [0.5, 0.6) is 0 Å². The number of benzene rings is 6. The van der Waals surface area contributed by atoms with Gasteiger partial charge in [-0.3, -0.25) is 0 Å². The van der Waals surface area contributed by atoms with Crippen molar-refractivity contribution in [3.8, 4) is 33.6 Å². The maximum absolute atomic E-state index is 6.58. The highest BCUT2D eigenvalue weighted by Gasteiger charge is 2.26. The molecule has 0 atom stereocenters. The van der Waals surface area contributed by atoms with E-state index in [1.165, 1.54) is 33.2 Å². The standard InChI is InChI=1S/C42H35NO/c1-42(2,3)40-38-22-10-11-23-39(38)44-41(40)34-19-13-21-37(29-34)43(35-26-24-32(25-27-35)30-14-6-4-7-15-30)36-20-12-18-33(28-36)31-16-8-5-9-17-31/h4-29H,1-3H3. The molecule has 0 aliphatic carbocycles. The number of furan rings is 1. The molecule has 7 aromatic rings. The maximum Gasteiger partial charge on any atom is 0.139 e. The quantitative estimate of drug-likeness (QED) is 0.198. The number of hydrogen-bond donors (Lipinski definition) is 0. The topological polar surface area (TPSA) is 16.4 Å². The molecule has 7 rings (SSSR count). The fraction of sp³-hybridized carbons (Fsp3) is 0.0952. The highest BCUT2D eigenvalue weighted by atomic mass is 16.3. The van der Waals surface area contributed by atoms with Crippen molar-refractivity contribution in [2.45, 2.75) is 26.2 Å². The van der Waals surface area contributed by atoms with Gasteiger partial charge in [-0.2, -0.15) is 0 Å². The van der Waals surface area contributed by atoms with Crippen molar-refractivity contribution in [3.63, 3.8) is 0 Å². The molecule has 0 radical (unpaired) electrons. The van der Waals surface area contributed by atoms with Crippen LogP contribution in [-0.2, 0) is 5.41 Å². The Morgan fingerprint density at radius 1 is 0.432 bits per heavy atom. The van der Waals surface area contributed by atoms with E-state index >= 15 is 0 Å². The average Bonchev–Trinajstić information content (AvgIpc) is 3.47. The number of rotatable bonds is 6. The fourth-order valence-electron chi connectivity index (χ4n) is 6.12. The summed E-state index contributed by atoms with van der Waals surface area (Å²) in [5.74, 6) is 0.929. The molecular weight excluding hydrogens is 534 g/mol. The van der Waals surface area contributed by atoms with Crippen molar-refractivity contribution in [1.82, 2.24) is 0 Å². The molecule has 2 nitrogen and oxygen atoms in total. The molecule has 2 heteroatoms. The van der Waals surface area contributed by atoms with Crippen LogP contribution in [0.25, 0.3) is 44.5 Å². The van der Waals surface area contributed by atoms with Gasteiger partial charge in [-0.05, 0) is 70.1 Å². The first-order chi connectivity index (χ1) is 21.5. The van der Waals surface area contributed by atoms with E-state index in [1.54, 1.807) is 0 Å². The maximum atomic E-state index is 6.58. The van der Waals surface area contributed by atoms with Crippen molar-refractivity contribution in [1.29, 1.82) is 0 Å². The summed E-state index contributed by atoms with van der Waals surface area (Å²) in [5.41, 5.74) is 11.2. The van der Waals surface area contributed by atoms with Crippen LogP contribution in [0.15, 0.2) is 162 Å². The number of para-hydroxylation sites is 1. The van der Waals surface area contributed by atoms with Gasteiger partial charge in [0.05, 0.1) is 0 Å². The van der Waals surface area contributed by atoms with Gasteiger partial charge in [0.15, 0.2) is 0 Å². The lowest BCUT2D eigenvalue weighted by atomic mass is 9.83. The van der Waals surface area contributed by atoms with Crippen LogP contribution in [0.1, 0.15) is 26.3 Å². The van der Waals surface area contributed by atoms with Gasteiger partial charge in [-0.25, -0.2) is 0 Å². The minimum absolute atomic E-state index is 0.0884. The van der Waals surface area contributed by atoms with E-state index in [4.69, 9.17) is 4.42 Å². The Kier molecular flexibility index (Phi) is 7.12. The van der Waals surface area contributed by atoms with Crippen molar-refractivity contribution in [3.05, 3.63) is 163 Å². The minimum Gasteiger partial charge on any atom is -0.456 e. The molecular formula is C42H35NO. The van der Waals surface area contributed by atoms with E-state index in [9.17, 15) is 0 Å². The average molecular weight is 570 g/mol. The molecule has 0 saturated heterocycles. The summed E-state index contributed by atoms with van der Waals surface area (Å²) >= 11 is 0. The highest BCUT2D eigenvalue weighted by molar-refractivity contribution is 5.90. The lowest BCUT2D eigenvalue weighted by Crippen LogP contribution is -2.12. The first-order valence-electron chi connectivity index (χ1n) is 15.2. The van der Waals surface area contributed by atoms with E-state index in [-0.39, 0.29) is 5.41 Å². The zero-order chi connectivity index (χ0) is 30.1. The largest absolute Gasteiger partial charge is 0.456 e. The smallest absolute Gasteiger partial charge is 0.139 e. The van der Waals surface area contributed by atoms with Crippen LogP contribution >= 0.6 is 0 Å². The highest BCUT2D eigenvalue weighted by Crippen LogP contribution is 2.43. The van der Waals surface area contributed by atoms with Crippen LogP contribution in [0, 0.1) is 0 Å². The van der Waals surface area contributed by atoms with E-state index in [1.807, 2.05) is 6.07 Å². The predicted octanol–water partition coefficient (Wildman–Crippen LogP) is 12.2. The van der Waals surface area contributed by atoms with E-state index < -0.39 is 0 Å². The Morgan fingerprint density at radius 3 is 1.57 bits per heavy atom. The van der Waals surface area contributed by atoms with Gasteiger partial charge >= 0.3 is 0 Å². The molecule has 0 fully saturated rings. The monoisotopic (exact) mass is 569 g/mol. The van der Waals surface area contributed by atoms with Crippen LogP contribution < -0.4 is 4.90 Å². The molecule has 1 heterocycles. The summed E-state index contributed by atoms with van der Waals surface area (Å²) < 4.78 is 6.58. The molecule has 6 aromatic carbocycles. The Hall–Kier alpha value is -5.34. The van der Waals surface area contributed by atoms with Crippen molar-refractivity contribution in [2.24, 2.45) is 0 Å². The van der Waals surface area contributed by atoms with Crippen molar-refractivity contribution in [2.75, 3.05) is 4.90 Å². The Morgan fingerprint density at radius 2 is 0.932 bits per heavy atom. The Balaban J connectivity index is 1.38. The fourth-order valence-corrected chi connectivity index (χ4v) is 6.12. The Labute approximate surface area is 259 Å². The molecule has 0 N–H and O–H groups in total. The number of nitrogens with zero attached hydrogens (tertiary/aromatic N) is 1. The first kappa shape index (κ1) is 27.5. The van der Waals surface area contributed by atoms with Crippen molar-refractivity contribution < 1.29 is 4.42 Å². The molecule has 0 bridgehead atoms. The van der Waals surface area contributed by atoms with Crippen LogP contribution in [-0.4, -0.2) is 0 Å². The molecule has 0 aliphatic heterocycles. The van der Waals surface area contributed by atoms with E-state index in [0.29, 0.717) is 0 Å². The summed E-state index contributed by atoms with van der Waals surface area (Å²) in [5, 5.41) is 1.17. The molecule has 214 valence electrons. The normalized spacial score (nSPS) is 11.5. The molecule has 44 heavy (non-hydrogen) atoms. The summed E-state index contributed by atoms with van der Waals surface area (Å²) in [4.78, 5) is 2.34. The number of anilines is 3. The van der Waals surface area contributed by atoms with Crippen LogP contribution in [0.4, 0.5) is 17.1 Å². The summed E-state index contributed by atoms with van der Waals surface area (Å²) in [6, 6.07) is 55.8. The van der Waals surface area contributed by atoms with Gasteiger partial charge in [-0.15, -0.1) is 0 Å². The van der Waals surface area contributed by atoms with Gasteiger partial charge in [0.1, 0.15) is 11.3 Å². The van der Waals surface area contributed by atoms with E-state index in [2.05, 4.69) is 177 Å². The zero-order valence-electron chi connectivity index (χ0n) is 25.4. The molecule has 0 spiro atoms. The second-order valence-corrected chi connectivity index (χ2v) is 12.3. The van der Waals surface area contributed by atoms with Crippen molar-refractivity contribution >= 4 is 28.0 Å². The first-order valence-corrected chi connectivity index (χ1v) is 15.2. The molecule has 0 aliphatic rings. The van der Waals surface area contributed by atoms with Crippen LogP contribution in [0.3, 0.4) is 0 Å². The minimum atomic E-state index is -0.0884. The summed E-state index contributed by atoms with van der Waals surface area (Å²) in [6.07, 6.45) is 0. The van der Waals surface area contributed by atoms with Gasteiger partial charge in [0.25, 0.3) is 0 Å². The lowest BCUT2D eigenvalue weighted by Gasteiger charge is -2.27. The zero-order valence-corrected chi connectivity index (χ0v) is 25.4. The molecule has 0 amide bonds. The lowest BCUT2D eigenvalue weighted by molar-refractivity contribution is 0.568. The number of hydrogen-bond acceptors (Lipinski definition) is 2. The van der Waals surface area contributed by atoms with Gasteiger partial charge < -0.3 is 9.32 Å². The predicted molar refractivity (Wildman–Crippen MR) is 186 cm³/mol. The summed E-state index contributed by atoms with van der Waals surface area (Å²) in [6.45, 7) is 6.77. The second kappa shape index (κ2) is 11.4. The van der Waals surface area contributed by atoms with Crippen LogP contribution in [0.2, 0.25) is 0 Å². The number of fused-ring (bicyclic) bond motifs is 1. The third-order valence-corrected chi connectivity index (χ3v) is 8.16. The molecule has 0 saturated carbocycles. The third kappa shape index (κ3) is 5.31. The SMILES string of the molecule is CC(C)(C)c1c(-c2cccc(N(c3ccc(-c4ccccc4)cc3)c3cccc(-c4ccccc4)c3)c2)oc2ccccc12.